The van der Waals surface area contributed by atoms with Crippen LogP contribution in [0.1, 0.15) is 25.8 Å². The minimum absolute atomic E-state index is 0.00815. The Bertz CT molecular complexity index is 408. The number of nitrogens with zero attached hydrogens (tertiary/aromatic N) is 3. The molecule has 0 spiro atoms. The van der Waals surface area contributed by atoms with Crippen molar-refractivity contribution in [2.45, 2.75) is 20.3 Å². The molecule has 0 amide bonds. The number of nitrogens with two attached hydrogens (primary N) is 1. The van der Waals surface area contributed by atoms with E-state index in [0.29, 0.717) is 16.4 Å². The quantitative estimate of drug-likeness (QED) is 0.366. The maximum Gasteiger partial charge on any atom is 0.171 e. The molecule has 0 bridgehead atoms. The van der Waals surface area contributed by atoms with Gasteiger partial charge in [0.2, 0.25) is 0 Å². The SMILES string of the molecule is CCCN(CC)c1nccc(/C(N)=N/O)c1Cl. The normalized spacial score (nSPS) is 11.6. The van der Waals surface area contributed by atoms with E-state index in [1.165, 1.54) is 0 Å². The monoisotopic (exact) mass is 256 g/mol. The topological polar surface area (TPSA) is 74.7 Å². The number of aromatic nitrogens is 1. The maximum atomic E-state index is 8.67. The molecule has 0 aliphatic rings. The van der Waals surface area contributed by atoms with E-state index in [1.807, 2.05) is 6.92 Å². The molecule has 94 valence electrons. The summed E-state index contributed by atoms with van der Waals surface area (Å²) < 4.78 is 0. The van der Waals surface area contributed by atoms with Crippen LogP contribution in [0.25, 0.3) is 0 Å². The van der Waals surface area contributed by atoms with Crippen molar-refractivity contribution in [2.24, 2.45) is 10.9 Å². The van der Waals surface area contributed by atoms with Crippen molar-refractivity contribution in [3.63, 3.8) is 0 Å². The first-order chi connectivity index (χ1) is 8.15. The number of pyridine rings is 1. The molecule has 0 aliphatic heterocycles. The molecule has 0 unspecified atom stereocenters. The van der Waals surface area contributed by atoms with E-state index in [0.717, 1.165) is 19.5 Å². The Morgan fingerprint density at radius 1 is 1.59 bits per heavy atom. The summed E-state index contributed by atoms with van der Waals surface area (Å²) in [6.07, 6.45) is 2.60. The van der Waals surface area contributed by atoms with Gasteiger partial charge in [-0.3, -0.25) is 0 Å². The lowest BCUT2D eigenvalue weighted by molar-refractivity contribution is 0.318. The Morgan fingerprint density at radius 2 is 2.29 bits per heavy atom. The van der Waals surface area contributed by atoms with Crippen molar-refractivity contribution in [2.75, 3.05) is 18.0 Å². The van der Waals surface area contributed by atoms with Crippen LogP contribution in [-0.2, 0) is 0 Å². The molecule has 0 radical (unpaired) electrons. The van der Waals surface area contributed by atoms with Gasteiger partial charge in [-0.15, -0.1) is 0 Å². The molecule has 17 heavy (non-hydrogen) atoms. The summed E-state index contributed by atoms with van der Waals surface area (Å²) >= 11 is 6.22. The molecular weight excluding hydrogens is 240 g/mol. The van der Waals surface area contributed by atoms with Crippen LogP contribution in [0, 0.1) is 0 Å². The highest BCUT2D eigenvalue weighted by Crippen LogP contribution is 2.26. The number of halogens is 1. The van der Waals surface area contributed by atoms with Crippen molar-refractivity contribution < 1.29 is 5.21 Å². The van der Waals surface area contributed by atoms with Crippen molar-refractivity contribution in [3.8, 4) is 0 Å². The fourth-order valence-corrected chi connectivity index (χ4v) is 1.92. The van der Waals surface area contributed by atoms with Crippen molar-refractivity contribution in [1.29, 1.82) is 0 Å². The average molecular weight is 257 g/mol. The highest BCUT2D eigenvalue weighted by Gasteiger charge is 2.15. The molecule has 1 aromatic heterocycles. The predicted molar refractivity (Wildman–Crippen MR) is 69.9 cm³/mol. The van der Waals surface area contributed by atoms with Crippen LogP contribution in [0.15, 0.2) is 17.4 Å². The molecule has 0 atom stereocenters. The number of amidine groups is 1. The molecule has 0 fully saturated rings. The number of hydrogen-bond donors (Lipinski definition) is 2. The standard InChI is InChI=1S/C11H17ClN4O/c1-3-7-16(4-2)11-9(12)8(5-6-14-11)10(13)15-17/h5-6,17H,3-4,7H2,1-2H3,(H2,13,15). The van der Waals surface area contributed by atoms with Crippen LogP contribution < -0.4 is 10.6 Å². The van der Waals surface area contributed by atoms with E-state index in [9.17, 15) is 0 Å². The van der Waals surface area contributed by atoms with Gasteiger partial charge in [0, 0.05) is 24.8 Å². The predicted octanol–water partition coefficient (Wildman–Crippen LogP) is 2.07. The zero-order valence-corrected chi connectivity index (χ0v) is 10.8. The van der Waals surface area contributed by atoms with E-state index in [-0.39, 0.29) is 5.84 Å². The number of anilines is 1. The molecule has 5 nitrogen and oxygen atoms in total. The zero-order valence-electron chi connectivity index (χ0n) is 10.0. The highest BCUT2D eigenvalue weighted by atomic mass is 35.5. The lowest BCUT2D eigenvalue weighted by atomic mass is 10.2. The second-order valence-corrected chi connectivity index (χ2v) is 3.94. The molecular formula is C11H17ClN4O. The third kappa shape index (κ3) is 3.00. The Kier molecular flexibility index (Phi) is 5.03. The van der Waals surface area contributed by atoms with Gasteiger partial charge in [0.15, 0.2) is 5.84 Å². The minimum atomic E-state index is -0.00815. The molecule has 1 aromatic rings. The van der Waals surface area contributed by atoms with Crippen LogP contribution in [0.3, 0.4) is 0 Å². The van der Waals surface area contributed by atoms with Gasteiger partial charge in [-0.25, -0.2) is 4.98 Å². The van der Waals surface area contributed by atoms with E-state index < -0.39 is 0 Å². The van der Waals surface area contributed by atoms with E-state index in [4.69, 9.17) is 22.5 Å². The summed E-state index contributed by atoms with van der Waals surface area (Å²) in [5.41, 5.74) is 6.04. The van der Waals surface area contributed by atoms with E-state index in [1.54, 1.807) is 12.3 Å². The lowest BCUT2D eigenvalue weighted by Crippen LogP contribution is -2.26. The third-order valence-corrected chi connectivity index (χ3v) is 2.80. The van der Waals surface area contributed by atoms with E-state index in [2.05, 4.69) is 22.0 Å². The Balaban J connectivity index is 3.17. The van der Waals surface area contributed by atoms with Crippen LogP contribution in [0.5, 0.6) is 0 Å². The molecule has 6 heteroatoms. The van der Waals surface area contributed by atoms with Gasteiger partial charge in [0.25, 0.3) is 0 Å². The van der Waals surface area contributed by atoms with Gasteiger partial charge in [0.05, 0.1) is 5.02 Å². The fourth-order valence-electron chi connectivity index (χ4n) is 1.59. The molecule has 0 saturated heterocycles. The minimum Gasteiger partial charge on any atom is -0.409 e. The first-order valence-electron chi connectivity index (χ1n) is 5.53. The summed E-state index contributed by atoms with van der Waals surface area (Å²) in [6, 6.07) is 1.63. The largest absolute Gasteiger partial charge is 0.409 e. The summed E-state index contributed by atoms with van der Waals surface area (Å²) in [5.74, 6) is 0.659. The second kappa shape index (κ2) is 6.30. The summed E-state index contributed by atoms with van der Waals surface area (Å²) in [7, 11) is 0. The summed E-state index contributed by atoms with van der Waals surface area (Å²) in [5, 5.41) is 12.0. The smallest absolute Gasteiger partial charge is 0.171 e. The maximum absolute atomic E-state index is 8.67. The molecule has 1 heterocycles. The Morgan fingerprint density at radius 3 is 2.82 bits per heavy atom. The Labute approximate surface area is 106 Å². The van der Waals surface area contributed by atoms with E-state index >= 15 is 0 Å². The third-order valence-electron chi connectivity index (χ3n) is 2.43. The van der Waals surface area contributed by atoms with Crippen LogP contribution in [-0.4, -0.2) is 29.1 Å². The highest BCUT2D eigenvalue weighted by molar-refractivity contribution is 6.36. The first-order valence-corrected chi connectivity index (χ1v) is 5.90. The van der Waals surface area contributed by atoms with Crippen LogP contribution in [0.4, 0.5) is 5.82 Å². The van der Waals surface area contributed by atoms with Gasteiger partial charge < -0.3 is 15.8 Å². The molecule has 0 aliphatic carbocycles. The van der Waals surface area contributed by atoms with Crippen LogP contribution in [0.2, 0.25) is 5.02 Å². The molecule has 0 aromatic carbocycles. The van der Waals surface area contributed by atoms with Crippen molar-refractivity contribution in [1.82, 2.24) is 4.98 Å². The number of hydrogen-bond acceptors (Lipinski definition) is 4. The summed E-state index contributed by atoms with van der Waals surface area (Å²) in [6.45, 7) is 5.79. The van der Waals surface area contributed by atoms with Crippen molar-refractivity contribution >= 4 is 23.3 Å². The molecule has 0 saturated carbocycles. The first kappa shape index (κ1) is 13.6. The number of rotatable bonds is 5. The molecule has 3 N–H and O–H groups in total. The van der Waals surface area contributed by atoms with Gasteiger partial charge in [-0.1, -0.05) is 23.7 Å². The van der Waals surface area contributed by atoms with Gasteiger partial charge in [0.1, 0.15) is 5.82 Å². The van der Waals surface area contributed by atoms with Gasteiger partial charge in [-0.2, -0.15) is 0 Å². The summed E-state index contributed by atoms with van der Waals surface area (Å²) in [4.78, 5) is 6.30. The average Bonchev–Trinajstić information content (AvgIpc) is 2.36. The van der Waals surface area contributed by atoms with Gasteiger partial charge >= 0.3 is 0 Å². The fraction of sp³-hybridized carbons (Fsp3) is 0.455. The van der Waals surface area contributed by atoms with Crippen molar-refractivity contribution in [3.05, 3.63) is 22.8 Å². The van der Waals surface area contributed by atoms with Gasteiger partial charge in [-0.05, 0) is 19.4 Å². The second-order valence-electron chi connectivity index (χ2n) is 3.56. The molecule has 1 rings (SSSR count). The lowest BCUT2D eigenvalue weighted by Gasteiger charge is -2.22. The number of oxime groups is 1. The zero-order chi connectivity index (χ0) is 12.8. The Hall–Kier alpha value is -1.49. The van der Waals surface area contributed by atoms with Crippen LogP contribution >= 0.6 is 11.6 Å².